The van der Waals surface area contributed by atoms with Gasteiger partial charge in [0, 0.05) is 20.2 Å². The van der Waals surface area contributed by atoms with Crippen LogP contribution in [-0.4, -0.2) is 33.5 Å². The number of ether oxygens (including phenoxy) is 2. The Morgan fingerprint density at radius 3 is 2.71 bits per heavy atom. The second-order valence-electron chi connectivity index (χ2n) is 4.14. The van der Waals surface area contributed by atoms with E-state index >= 15 is 0 Å². The quantitative estimate of drug-likeness (QED) is 0.702. The highest BCUT2D eigenvalue weighted by Gasteiger charge is 1.99. The maximum Gasteiger partial charge on any atom is 0.0700 e. The van der Waals surface area contributed by atoms with Crippen LogP contribution in [0.1, 0.15) is 16.7 Å². The third kappa shape index (κ3) is 5.31. The Labute approximate surface area is 104 Å². The summed E-state index contributed by atoms with van der Waals surface area (Å²) < 4.78 is 10.3. The van der Waals surface area contributed by atoms with E-state index < -0.39 is 0 Å². The van der Waals surface area contributed by atoms with Gasteiger partial charge < -0.3 is 14.8 Å². The van der Waals surface area contributed by atoms with E-state index in [1.54, 1.807) is 7.11 Å². The van der Waals surface area contributed by atoms with Crippen LogP contribution in [0.3, 0.4) is 0 Å². The molecule has 0 spiro atoms. The van der Waals surface area contributed by atoms with Crippen molar-refractivity contribution >= 4 is 0 Å². The van der Waals surface area contributed by atoms with Gasteiger partial charge in [-0.15, -0.1) is 0 Å². The van der Waals surface area contributed by atoms with Gasteiger partial charge in [0.15, 0.2) is 0 Å². The Morgan fingerprint density at radius 2 is 1.94 bits per heavy atom. The SMILES string of the molecule is COCCOCCNCc1cccc(C)c1C. The molecular weight excluding hydrogens is 214 g/mol. The summed E-state index contributed by atoms with van der Waals surface area (Å²) in [6.45, 7) is 8.15. The lowest BCUT2D eigenvalue weighted by molar-refractivity contribution is 0.0719. The van der Waals surface area contributed by atoms with Crippen molar-refractivity contribution in [2.45, 2.75) is 20.4 Å². The lowest BCUT2D eigenvalue weighted by Gasteiger charge is -2.10. The summed E-state index contributed by atoms with van der Waals surface area (Å²) in [5.41, 5.74) is 4.09. The zero-order chi connectivity index (χ0) is 12.5. The van der Waals surface area contributed by atoms with Crippen LogP contribution < -0.4 is 5.32 Å². The second-order valence-corrected chi connectivity index (χ2v) is 4.14. The first-order valence-corrected chi connectivity index (χ1v) is 6.08. The number of hydrogen-bond acceptors (Lipinski definition) is 3. The molecule has 1 N–H and O–H groups in total. The van der Waals surface area contributed by atoms with E-state index in [-0.39, 0.29) is 0 Å². The molecule has 0 fully saturated rings. The van der Waals surface area contributed by atoms with Crippen LogP contribution in [0.25, 0.3) is 0 Å². The summed E-state index contributed by atoms with van der Waals surface area (Å²) in [5, 5.41) is 3.38. The summed E-state index contributed by atoms with van der Waals surface area (Å²) in [4.78, 5) is 0. The van der Waals surface area contributed by atoms with Gasteiger partial charge in [-0.3, -0.25) is 0 Å². The van der Waals surface area contributed by atoms with Gasteiger partial charge in [-0.25, -0.2) is 0 Å². The Balaban J connectivity index is 2.16. The van der Waals surface area contributed by atoms with E-state index in [9.17, 15) is 0 Å². The highest BCUT2D eigenvalue weighted by Crippen LogP contribution is 2.11. The van der Waals surface area contributed by atoms with Gasteiger partial charge in [-0.1, -0.05) is 18.2 Å². The van der Waals surface area contributed by atoms with E-state index in [0.717, 1.165) is 19.7 Å². The molecule has 0 amide bonds. The highest BCUT2D eigenvalue weighted by molar-refractivity contribution is 5.32. The normalized spacial score (nSPS) is 10.8. The molecule has 0 radical (unpaired) electrons. The van der Waals surface area contributed by atoms with Crippen LogP contribution in [0.4, 0.5) is 0 Å². The molecule has 0 saturated carbocycles. The van der Waals surface area contributed by atoms with Crippen LogP contribution in [0.2, 0.25) is 0 Å². The maximum atomic E-state index is 5.38. The van der Waals surface area contributed by atoms with Crippen LogP contribution in [0.5, 0.6) is 0 Å². The molecular formula is C14H23NO2. The van der Waals surface area contributed by atoms with Gasteiger partial charge in [0.2, 0.25) is 0 Å². The summed E-state index contributed by atoms with van der Waals surface area (Å²) in [5.74, 6) is 0. The fraction of sp³-hybridized carbons (Fsp3) is 0.571. The molecule has 1 aromatic rings. The van der Waals surface area contributed by atoms with Crippen LogP contribution >= 0.6 is 0 Å². The Kier molecular flexibility index (Phi) is 6.86. The van der Waals surface area contributed by atoms with Crippen LogP contribution in [0.15, 0.2) is 18.2 Å². The summed E-state index contributed by atoms with van der Waals surface area (Å²) in [6, 6.07) is 6.42. The zero-order valence-electron chi connectivity index (χ0n) is 11.1. The minimum atomic E-state index is 0.664. The smallest absolute Gasteiger partial charge is 0.0700 e. The topological polar surface area (TPSA) is 30.5 Å². The lowest BCUT2D eigenvalue weighted by atomic mass is 10.0. The summed E-state index contributed by atoms with van der Waals surface area (Å²) in [6.07, 6.45) is 0. The number of nitrogens with one attached hydrogen (secondary N) is 1. The summed E-state index contributed by atoms with van der Waals surface area (Å²) >= 11 is 0. The van der Waals surface area contributed by atoms with Crippen molar-refractivity contribution in [2.24, 2.45) is 0 Å². The molecule has 96 valence electrons. The van der Waals surface area contributed by atoms with E-state index in [1.165, 1.54) is 16.7 Å². The monoisotopic (exact) mass is 237 g/mol. The molecule has 1 rings (SSSR count). The molecule has 0 bridgehead atoms. The molecule has 0 atom stereocenters. The van der Waals surface area contributed by atoms with Crippen molar-refractivity contribution < 1.29 is 9.47 Å². The molecule has 3 heteroatoms. The number of aryl methyl sites for hydroxylation is 1. The van der Waals surface area contributed by atoms with E-state index in [4.69, 9.17) is 9.47 Å². The van der Waals surface area contributed by atoms with Crippen molar-refractivity contribution in [1.29, 1.82) is 0 Å². The van der Waals surface area contributed by atoms with Crippen molar-refractivity contribution in [1.82, 2.24) is 5.32 Å². The van der Waals surface area contributed by atoms with Gasteiger partial charge in [0.1, 0.15) is 0 Å². The minimum Gasteiger partial charge on any atom is -0.382 e. The molecule has 0 aliphatic heterocycles. The van der Waals surface area contributed by atoms with Gasteiger partial charge in [-0.2, -0.15) is 0 Å². The number of hydrogen-bond donors (Lipinski definition) is 1. The van der Waals surface area contributed by atoms with Gasteiger partial charge in [0.25, 0.3) is 0 Å². The van der Waals surface area contributed by atoms with Crippen molar-refractivity contribution in [3.8, 4) is 0 Å². The van der Waals surface area contributed by atoms with Gasteiger partial charge in [0.05, 0.1) is 19.8 Å². The molecule has 0 saturated heterocycles. The molecule has 0 aromatic heterocycles. The standard InChI is InChI=1S/C14H23NO2/c1-12-5-4-6-14(13(12)2)11-15-7-8-17-10-9-16-3/h4-6,15H,7-11H2,1-3H3. The number of rotatable bonds is 8. The number of benzene rings is 1. The lowest BCUT2D eigenvalue weighted by Crippen LogP contribution is -2.20. The maximum absolute atomic E-state index is 5.38. The first kappa shape index (κ1) is 14.2. The predicted molar refractivity (Wildman–Crippen MR) is 70.3 cm³/mol. The number of methoxy groups -OCH3 is 1. The van der Waals surface area contributed by atoms with Crippen molar-refractivity contribution in [2.75, 3.05) is 33.5 Å². The zero-order valence-corrected chi connectivity index (χ0v) is 11.1. The van der Waals surface area contributed by atoms with Crippen molar-refractivity contribution in [3.05, 3.63) is 34.9 Å². The minimum absolute atomic E-state index is 0.664. The fourth-order valence-corrected chi connectivity index (χ4v) is 1.62. The fourth-order valence-electron chi connectivity index (χ4n) is 1.62. The molecule has 3 nitrogen and oxygen atoms in total. The van der Waals surface area contributed by atoms with E-state index in [2.05, 4.69) is 37.4 Å². The highest BCUT2D eigenvalue weighted by atomic mass is 16.5. The molecule has 1 aromatic carbocycles. The molecule has 17 heavy (non-hydrogen) atoms. The predicted octanol–water partition coefficient (Wildman–Crippen LogP) is 2.06. The average molecular weight is 237 g/mol. The average Bonchev–Trinajstić information content (AvgIpc) is 2.33. The molecule has 0 aliphatic carbocycles. The Morgan fingerprint density at radius 1 is 1.12 bits per heavy atom. The van der Waals surface area contributed by atoms with E-state index in [0.29, 0.717) is 13.2 Å². The van der Waals surface area contributed by atoms with Crippen molar-refractivity contribution in [3.63, 3.8) is 0 Å². The first-order chi connectivity index (χ1) is 8.25. The van der Waals surface area contributed by atoms with Gasteiger partial charge >= 0.3 is 0 Å². The third-order valence-electron chi connectivity index (χ3n) is 2.89. The molecule has 0 unspecified atom stereocenters. The largest absolute Gasteiger partial charge is 0.382 e. The Hall–Kier alpha value is -0.900. The third-order valence-corrected chi connectivity index (χ3v) is 2.89. The second kappa shape index (κ2) is 8.23. The van der Waals surface area contributed by atoms with E-state index in [1.807, 2.05) is 0 Å². The van der Waals surface area contributed by atoms with Gasteiger partial charge in [-0.05, 0) is 30.5 Å². The first-order valence-electron chi connectivity index (χ1n) is 6.08. The van der Waals surface area contributed by atoms with Crippen LogP contribution in [-0.2, 0) is 16.0 Å². The Bertz CT molecular complexity index is 326. The molecule has 0 aliphatic rings. The van der Waals surface area contributed by atoms with Crippen LogP contribution in [0, 0.1) is 13.8 Å². The summed E-state index contributed by atoms with van der Waals surface area (Å²) in [7, 11) is 1.68. The molecule has 0 heterocycles.